The van der Waals surface area contributed by atoms with E-state index in [1.807, 2.05) is 18.2 Å². The average molecular weight is 336 g/mol. The van der Waals surface area contributed by atoms with Crippen LogP contribution in [0.15, 0.2) is 23.1 Å². The lowest BCUT2D eigenvalue weighted by atomic mass is 9.89. The minimum atomic E-state index is -1.40. The number of fused-ring (bicyclic) bond motifs is 1. The Hall–Kier alpha value is 0.245. The van der Waals surface area contributed by atoms with Crippen LogP contribution in [0, 0.1) is 3.57 Å². The fraction of sp³-hybridized carbons (Fsp3) is 0. The summed E-state index contributed by atoms with van der Waals surface area (Å²) in [7, 11) is -1.40. The van der Waals surface area contributed by atoms with E-state index in [2.05, 4.69) is 35.2 Å². The highest BCUT2D eigenvalue weighted by atomic mass is 127. The molecule has 1 heterocycles. The van der Waals surface area contributed by atoms with Gasteiger partial charge in [0.2, 0.25) is 0 Å². The molecule has 0 spiro atoms. The van der Waals surface area contributed by atoms with Crippen molar-refractivity contribution >= 4 is 68.5 Å². The second kappa shape index (κ2) is 4.01. The third-order valence-corrected chi connectivity index (χ3v) is 5.22. The molecule has 0 aliphatic rings. The molecule has 0 radical (unpaired) electrons. The van der Waals surface area contributed by atoms with E-state index in [0.717, 1.165) is 18.6 Å². The molecule has 0 amide bonds. The van der Waals surface area contributed by atoms with Gasteiger partial charge in [0.15, 0.2) is 0 Å². The summed E-state index contributed by atoms with van der Waals surface area (Å²) in [5, 5.41) is 19.3. The first-order valence-electron chi connectivity index (χ1n) is 3.87. The predicted octanol–water partition coefficient (Wildman–Crippen LogP) is 1.47. The summed E-state index contributed by atoms with van der Waals surface area (Å²) in [6.45, 7) is 0. The Morgan fingerprint density at radius 2 is 2.07 bits per heavy atom. The minimum absolute atomic E-state index is 0.585. The maximum Gasteiger partial charge on any atom is 0.500 e. The van der Waals surface area contributed by atoms with Gasteiger partial charge in [0.1, 0.15) is 0 Å². The first-order valence-corrected chi connectivity index (χ1v) is 6.21. The number of thiophene rings is 1. The van der Waals surface area contributed by atoms with Crippen molar-refractivity contribution < 1.29 is 10.0 Å². The van der Waals surface area contributed by atoms with Gasteiger partial charge in [0.25, 0.3) is 0 Å². The Balaban J connectivity index is 2.80. The minimum Gasteiger partial charge on any atom is -0.423 e. The largest absolute Gasteiger partial charge is 0.500 e. The Kier molecular flexibility index (Phi) is 3.08. The summed E-state index contributed by atoms with van der Waals surface area (Å²) in [5.41, 5.74) is 0. The summed E-state index contributed by atoms with van der Waals surface area (Å²) >= 11 is 7.82. The van der Waals surface area contributed by atoms with Crippen molar-refractivity contribution in [1.29, 1.82) is 0 Å². The molecule has 0 saturated carbocycles. The summed E-state index contributed by atoms with van der Waals surface area (Å²) in [5.74, 6) is 0. The molecule has 2 N–H and O–H groups in total. The number of rotatable bonds is 1. The predicted molar refractivity (Wildman–Crippen MR) is 71.6 cm³/mol. The Morgan fingerprint density at radius 1 is 1.36 bits per heavy atom. The number of thiol groups is 1. The monoisotopic (exact) mass is 336 g/mol. The smallest absolute Gasteiger partial charge is 0.423 e. The van der Waals surface area contributed by atoms with Crippen LogP contribution in [-0.2, 0) is 0 Å². The zero-order chi connectivity index (χ0) is 10.3. The van der Waals surface area contributed by atoms with Gasteiger partial charge >= 0.3 is 7.12 Å². The molecule has 72 valence electrons. The number of halogens is 1. The lowest BCUT2D eigenvalue weighted by molar-refractivity contribution is 0.426. The molecule has 0 aliphatic heterocycles. The molecule has 0 saturated heterocycles. The van der Waals surface area contributed by atoms with Crippen LogP contribution >= 0.6 is 46.6 Å². The van der Waals surface area contributed by atoms with Crippen molar-refractivity contribution in [2.75, 3.05) is 0 Å². The maximum absolute atomic E-state index is 9.13. The van der Waals surface area contributed by atoms with Crippen molar-refractivity contribution in [3.63, 3.8) is 0 Å². The molecule has 6 heteroatoms. The summed E-state index contributed by atoms with van der Waals surface area (Å²) in [6.07, 6.45) is 0. The highest BCUT2D eigenvalue weighted by molar-refractivity contribution is 14.1. The molecular formula is C8H6BIO2S2. The molecule has 0 unspecified atom stereocenters. The Bertz CT molecular complexity index is 483. The Morgan fingerprint density at radius 3 is 2.64 bits per heavy atom. The summed E-state index contributed by atoms with van der Waals surface area (Å²) in [6, 6.07) is 5.76. The van der Waals surface area contributed by atoms with E-state index in [1.54, 1.807) is 0 Å². The van der Waals surface area contributed by atoms with Crippen molar-refractivity contribution in [3.05, 3.63) is 21.8 Å². The fourth-order valence-electron chi connectivity index (χ4n) is 1.26. The van der Waals surface area contributed by atoms with E-state index in [0.29, 0.717) is 4.78 Å². The van der Waals surface area contributed by atoms with Gasteiger partial charge in [0.05, 0.1) is 0 Å². The molecule has 0 aliphatic carbocycles. The lowest BCUT2D eigenvalue weighted by Gasteiger charge is -1.93. The SMILES string of the molecule is OB(O)c1sc2c(S)cccc2c1I. The molecular weight excluding hydrogens is 330 g/mol. The highest BCUT2D eigenvalue weighted by Gasteiger charge is 2.20. The quantitative estimate of drug-likeness (QED) is 0.419. The standard InChI is InChI=1S/C8H6BIO2S2/c10-6-4-2-1-3-5(13)7(4)14-8(6)9(11)12/h1-3,11-13H. The zero-order valence-corrected chi connectivity index (χ0v) is 10.8. The third kappa shape index (κ3) is 1.69. The second-order valence-corrected chi connectivity index (χ2v) is 5.42. The van der Waals surface area contributed by atoms with Gasteiger partial charge in [-0.25, -0.2) is 0 Å². The fourth-order valence-corrected chi connectivity index (χ4v) is 3.82. The summed E-state index contributed by atoms with van der Waals surface area (Å²) < 4.78 is 2.49. The van der Waals surface area contributed by atoms with Gasteiger partial charge in [-0.15, -0.1) is 24.0 Å². The van der Waals surface area contributed by atoms with Gasteiger partial charge in [-0.2, -0.15) is 0 Å². The van der Waals surface area contributed by atoms with E-state index in [4.69, 9.17) is 10.0 Å². The first kappa shape index (κ1) is 10.8. The van der Waals surface area contributed by atoms with Crippen LogP contribution in [0.5, 0.6) is 0 Å². The van der Waals surface area contributed by atoms with Crippen LogP contribution < -0.4 is 4.78 Å². The van der Waals surface area contributed by atoms with E-state index in [-0.39, 0.29) is 0 Å². The van der Waals surface area contributed by atoms with Gasteiger partial charge in [-0.3, -0.25) is 0 Å². The van der Waals surface area contributed by atoms with Crippen LogP contribution in [0.1, 0.15) is 0 Å². The normalized spacial score (nSPS) is 10.9. The van der Waals surface area contributed by atoms with Crippen LogP contribution in [0.2, 0.25) is 0 Å². The number of hydrogen-bond donors (Lipinski definition) is 3. The van der Waals surface area contributed by atoms with Gasteiger partial charge in [0, 0.05) is 23.3 Å². The van der Waals surface area contributed by atoms with Crippen molar-refractivity contribution in [2.45, 2.75) is 4.90 Å². The van der Waals surface area contributed by atoms with Crippen LogP contribution in [0.3, 0.4) is 0 Å². The molecule has 2 aromatic rings. The van der Waals surface area contributed by atoms with Gasteiger partial charge < -0.3 is 10.0 Å². The third-order valence-electron chi connectivity index (χ3n) is 1.89. The van der Waals surface area contributed by atoms with Crippen LogP contribution in [0.4, 0.5) is 0 Å². The lowest BCUT2D eigenvalue weighted by Crippen LogP contribution is -2.28. The molecule has 2 nitrogen and oxygen atoms in total. The molecule has 0 bridgehead atoms. The van der Waals surface area contributed by atoms with Crippen LogP contribution in [-0.4, -0.2) is 17.2 Å². The van der Waals surface area contributed by atoms with Crippen molar-refractivity contribution in [2.24, 2.45) is 0 Å². The summed E-state index contributed by atoms with van der Waals surface area (Å²) in [4.78, 5) is 0.873. The number of hydrogen-bond acceptors (Lipinski definition) is 4. The van der Waals surface area contributed by atoms with E-state index < -0.39 is 7.12 Å². The van der Waals surface area contributed by atoms with Gasteiger partial charge in [-0.05, 0) is 28.7 Å². The van der Waals surface area contributed by atoms with E-state index in [1.165, 1.54) is 11.3 Å². The Labute approximate surface area is 105 Å². The molecule has 1 aromatic carbocycles. The molecule has 1 aromatic heterocycles. The maximum atomic E-state index is 9.13. The molecule has 2 rings (SSSR count). The van der Waals surface area contributed by atoms with Gasteiger partial charge in [-0.1, -0.05) is 12.1 Å². The molecule has 0 fully saturated rings. The topological polar surface area (TPSA) is 40.5 Å². The van der Waals surface area contributed by atoms with E-state index >= 15 is 0 Å². The van der Waals surface area contributed by atoms with Crippen LogP contribution in [0.25, 0.3) is 10.1 Å². The number of benzene rings is 1. The van der Waals surface area contributed by atoms with Crippen molar-refractivity contribution in [3.8, 4) is 0 Å². The molecule has 0 atom stereocenters. The first-order chi connectivity index (χ1) is 6.61. The van der Waals surface area contributed by atoms with E-state index in [9.17, 15) is 0 Å². The van der Waals surface area contributed by atoms with Crippen molar-refractivity contribution in [1.82, 2.24) is 0 Å². The molecule has 14 heavy (non-hydrogen) atoms. The second-order valence-electron chi connectivity index (χ2n) is 2.81. The highest BCUT2D eigenvalue weighted by Crippen LogP contribution is 2.30. The zero-order valence-electron chi connectivity index (χ0n) is 6.94. The average Bonchev–Trinajstić information content (AvgIpc) is 2.46.